The third-order valence-electron chi connectivity index (χ3n) is 2.88. The maximum absolute atomic E-state index is 11.0. The standard InChI is InChI=1S/C13H13N3O4S/c1-7(11(14)17)21-13-16-15-12(20-13)10-6-18-8-4-2-3-5-9(8)19-10/h2-5,7,10H,6H2,1H3,(H2,14,17)/t7-,10-/m0/s1. The molecule has 7 nitrogen and oxygen atoms in total. The van der Waals surface area contributed by atoms with E-state index in [9.17, 15) is 4.79 Å². The fourth-order valence-electron chi connectivity index (χ4n) is 1.75. The summed E-state index contributed by atoms with van der Waals surface area (Å²) in [4.78, 5) is 11.0. The molecular formula is C13H13N3O4S. The second-order valence-corrected chi connectivity index (χ2v) is 5.72. The number of rotatable bonds is 4. The third kappa shape index (κ3) is 2.94. The van der Waals surface area contributed by atoms with Crippen LogP contribution in [0.3, 0.4) is 0 Å². The number of aromatic nitrogens is 2. The second kappa shape index (κ2) is 5.65. The van der Waals surface area contributed by atoms with E-state index >= 15 is 0 Å². The molecule has 0 saturated carbocycles. The van der Waals surface area contributed by atoms with E-state index in [1.807, 2.05) is 24.3 Å². The largest absolute Gasteiger partial charge is 0.485 e. The predicted molar refractivity (Wildman–Crippen MR) is 74.1 cm³/mol. The number of hydrogen-bond donors (Lipinski definition) is 1. The molecule has 1 amide bonds. The molecular weight excluding hydrogens is 294 g/mol. The van der Waals surface area contributed by atoms with E-state index in [1.165, 1.54) is 0 Å². The van der Waals surface area contributed by atoms with Crippen LogP contribution < -0.4 is 15.2 Å². The van der Waals surface area contributed by atoms with Crippen molar-refractivity contribution >= 4 is 17.7 Å². The van der Waals surface area contributed by atoms with Gasteiger partial charge in [0.2, 0.25) is 12.0 Å². The Bertz CT molecular complexity index is 660. The smallest absolute Gasteiger partial charge is 0.277 e. The molecule has 1 aliphatic rings. The summed E-state index contributed by atoms with van der Waals surface area (Å²) in [5.74, 6) is 1.19. The molecule has 0 radical (unpaired) electrons. The Morgan fingerprint density at radius 3 is 2.90 bits per heavy atom. The second-order valence-electron chi connectivity index (χ2n) is 4.43. The number of carbonyl (C=O) groups excluding carboxylic acids is 1. The normalized spacial score (nSPS) is 18.2. The Kier molecular flexibility index (Phi) is 3.70. The number of thioether (sulfide) groups is 1. The molecule has 1 aromatic heterocycles. The van der Waals surface area contributed by atoms with Gasteiger partial charge in [-0.3, -0.25) is 4.79 Å². The van der Waals surface area contributed by atoms with Gasteiger partial charge in [-0.05, 0) is 19.1 Å². The number of fused-ring (bicyclic) bond motifs is 1. The zero-order valence-electron chi connectivity index (χ0n) is 11.2. The fourth-order valence-corrected chi connectivity index (χ4v) is 2.39. The molecule has 0 saturated heterocycles. The third-order valence-corrected chi connectivity index (χ3v) is 3.84. The number of primary amides is 1. The van der Waals surface area contributed by atoms with Crippen molar-refractivity contribution in [2.45, 2.75) is 23.5 Å². The molecule has 0 fully saturated rings. The van der Waals surface area contributed by atoms with Gasteiger partial charge in [0.05, 0.1) is 5.25 Å². The van der Waals surface area contributed by atoms with Crippen LogP contribution in [-0.4, -0.2) is 28.0 Å². The van der Waals surface area contributed by atoms with Crippen molar-refractivity contribution in [3.05, 3.63) is 30.2 Å². The highest BCUT2D eigenvalue weighted by atomic mass is 32.2. The molecule has 3 rings (SSSR count). The predicted octanol–water partition coefficient (Wildman–Crippen LogP) is 1.55. The van der Waals surface area contributed by atoms with Crippen molar-refractivity contribution in [1.82, 2.24) is 10.2 Å². The minimum absolute atomic E-state index is 0.277. The van der Waals surface area contributed by atoms with Gasteiger partial charge in [0.1, 0.15) is 6.61 Å². The van der Waals surface area contributed by atoms with Gasteiger partial charge in [0.15, 0.2) is 11.5 Å². The number of carbonyl (C=O) groups is 1. The van der Waals surface area contributed by atoms with Crippen LogP contribution in [0.2, 0.25) is 0 Å². The number of nitrogens with two attached hydrogens (primary N) is 1. The zero-order valence-corrected chi connectivity index (χ0v) is 12.0. The number of hydrogen-bond acceptors (Lipinski definition) is 7. The summed E-state index contributed by atoms with van der Waals surface area (Å²) in [5, 5.41) is 7.64. The fraction of sp³-hybridized carbons (Fsp3) is 0.308. The maximum Gasteiger partial charge on any atom is 0.277 e. The van der Waals surface area contributed by atoms with E-state index < -0.39 is 17.3 Å². The molecule has 0 spiro atoms. The van der Waals surface area contributed by atoms with E-state index in [-0.39, 0.29) is 11.8 Å². The first-order valence-corrected chi connectivity index (χ1v) is 7.19. The Morgan fingerprint density at radius 1 is 1.38 bits per heavy atom. The van der Waals surface area contributed by atoms with Crippen molar-refractivity contribution in [3.8, 4) is 11.5 Å². The Morgan fingerprint density at radius 2 is 2.14 bits per heavy atom. The van der Waals surface area contributed by atoms with Gasteiger partial charge in [-0.25, -0.2) is 0 Å². The number of nitrogens with zero attached hydrogens (tertiary/aromatic N) is 2. The van der Waals surface area contributed by atoms with Gasteiger partial charge >= 0.3 is 0 Å². The molecule has 1 aliphatic heterocycles. The molecule has 0 aliphatic carbocycles. The number of ether oxygens (including phenoxy) is 2. The maximum atomic E-state index is 11.0. The van der Waals surface area contributed by atoms with Crippen LogP contribution in [0.25, 0.3) is 0 Å². The molecule has 2 atom stereocenters. The van der Waals surface area contributed by atoms with Gasteiger partial charge in [0.25, 0.3) is 11.1 Å². The highest BCUT2D eigenvalue weighted by Gasteiger charge is 2.27. The van der Waals surface area contributed by atoms with E-state index in [2.05, 4.69) is 10.2 Å². The average molecular weight is 307 g/mol. The molecule has 2 aromatic rings. The van der Waals surface area contributed by atoms with Crippen molar-refractivity contribution in [2.24, 2.45) is 5.73 Å². The Labute approximate surface area is 124 Å². The molecule has 110 valence electrons. The Hall–Kier alpha value is -2.22. The van der Waals surface area contributed by atoms with Crippen molar-refractivity contribution in [2.75, 3.05) is 6.61 Å². The number of benzene rings is 1. The van der Waals surface area contributed by atoms with Gasteiger partial charge in [-0.2, -0.15) is 0 Å². The summed E-state index contributed by atoms with van der Waals surface area (Å²) >= 11 is 1.11. The molecule has 2 N–H and O–H groups in total. The first-order chi connectivity index (χ1) is 10.1. The lowest BCUT2D eigenvalue weighted by molar-refractivity contribution is -0.117. The quantitative estimate of drug-likeness (QED) is 0.855. The highest BCUT2D eigenvalue weighted by Crippen LogP contribution is 2.36. The van der Waals surface area contributed by atoms with E-state index in [0.717, 1.165) is 11.8 Å². The van der Waals surface area contributed by atoms with Crippen LogP contribution in [0, 0.1) is 0 Å². The molecule has 0 bridgehead atoms. The average Bonchev–Trinajstić information content (AvgIpc) is 2.95. The van der Waals surface area contributed by atoms with Crippen LogP contribution >= 0.6 is 11.8 Å². The number of amides is 1. The van der Waals surface area contributed by atoms with E-state index in [4.69, 9.17) is 19.6 Å². The van der Waals surface area contributed by atoms with Crippen LogP contribution in [-0.2, 0) is 4.79 Å². The summed E-state index contributed by atoms with van der Waals surface area (Å²) in [6.07, 6.45) is -0.467. The molecule has 21 heavy (non-hydrogen) atoms. The topological polar surface area (TPSA) is 100 Å². The summed E-state index contributed by atoms with van der Waals surface area (Å²) in [5.41, 5.74) is 5.19. The Balaban J connectivity index is 1.71. The molecule has 0 unspecified atom stereocenters. The van der Waals surface area contributed by atoms with Crippen LogP contribution in [0.5, 0.6) is 11.5 Å². The summed E-state index contributed by atoms with van der Waals surface area (Å²) < 4.78 is 16.8. The summed E-state index contributed by atoms with van der Waals surface area (Å²) in [7, 11) is 0. The van der Waals surface area contributed by atoms with E-state index in [1.54, 1.807) is 6.92 Å². The van der Waals surface area contributed by atoms with Crippen LogP contribution in [0.1, 0.15) is 18.9 Å². The minimum atomic E-state index is -0.467. The van der Waals surface area contributed by atoms with E-state index in [0.29, 0.717) is 17.4 Å². The lowest BCUT2D eigenvalue weighted by atomic mass is 10.2. The SMILES string of the molecule is C[C@H](Sc1nnc([C@@H]2COc3ccccc3O2)o1)C(N)=O. The lowest BCUT2D eigenvalue weighted by Crippen LogP contribution is -2.22. The molecule has 2 heterocycles. The summed E-state index contributed by atoms with van der Waals surface area (Å²) in [6, 6.07) is 7.36. The molecule has 1 aromatic carbocycles. The van der Waals surface area contributed by atoms with Crippen LogP contribution in [0.15, 0.2) is 33.9 Å². The van der Waals surface area contributed by atoms with Crippen LogP contribution in [0.4, 0.5) is 0 Å². The van der Waals surface area contributed by atoms with Gasteiger partial charge in [0, 0.05) is 0 Å². The van der Waals surface area contributed by atoms with Gasteiger partial charge < -0.3 is 19.6 Å². The first-order valence-electron chi connectivity index (χ1n) is 6.31. The zero-order chi connectivity index (χ0) is 14.8. The first kappa shape index (κ1) is 13.7. The lowest BCUT2D eigenvalue weighted by Gasteiger charge is -2.23. The van der Waals surface area contributed by atoms with Crippen molar-refractivity contribution in [1.29, 1.82) is 0 Å². The minimum Gasteiger partial charge on any atom is -0.485 e. The monoisotopic (exact) mass is 307 g/mol. The molecule has 8 heteroatoms. The highest BCUT2D eigenvalue weighted by molar-refractivity contribution is 8.00. The number of para-hydroxylation sites is 2. The van der Waals surface area contributed by atoms with Gasteiger partial charge in [-0.15, -0.1) is 10.2 Å². The van der Waals surface area contributed by atoms with Crippen molar-refractivity contribution in [3.63, 3.8) is 0 Å². The van der Waals surface area contributed by atoms with Crippen molar-refractivity contribution < 1.29 is 18.7 Å². The van der Waals surface area contributed by atoms with Gasteiger partial charge in [-0.1, -0.05) is 23.9 Å². The summed E-state index contributed by atoms with van der Waals surface area (Å²) in [6.45, 7) is 1.96.